The van der Waals surface area contributed by atoms with Crippen molar-refractivity contribution in [2.75, 3.05) is 13.1 Å². The van der Waals surface area contributed by atoms with Crippen molar-refractivity contribution < 1.29 is 9.18 Å². The van der Waals surface area contributed by atoms with Crippen molar-refractivity contribution in [3.8, 4) is 0 Å². The van der Waals surface area contributed by atoms with Crippen molar-refractivity contribution in [1.29, 1.82) is 0 Å². The fourth-order valence-corrected chi connectivity index (χ4v) is 3.10. The van der Waals surface area contributed by atoms with E-state index in [2.05, 4.69) is 10.2 Å². The maximum Gasteiger partial charge on any atom is 0.227 e. The SMILES string of the molecule is O=C(Cc1cccc(F)c1)N1CCC[C@H](Cc2ccn[nH]2)C1. The number of nitrogens with zero attached hydrogens (tertiary/aromatic N) is 2. The van der Waals surface area contributed by atoms with Crippen molar-refractivity contribution >= 4 is 5.91 Å². The van der Waals surface area contributed by atoms with E-state index in [1.54, 1.807) is 18.3 Å². The molecule has 22 heavy (non-hydrogen) atoms. The normalized spacial score (nSPS) is 18.4. The van der Waals surface area contributed by atoms with E-state index < -0.39 is 0 Å². The number of halogens is 1. The lowest BCUT2D eigenvalue weighted by Crippen LogP contribution is -2.41. The summed E-state index contributed by atoms with van der Waals surface area (Å²) in [4.78, 5) is 14.3. The highest BCUT2D eigenvalue weighted by Gasteiger charge is 2.24. The minimum absolute atomic E-state index is 0.0833. The summed E-state index contributed by atoms with van der Waals surface area (Å²) in [6.07, 6.45) is 5.10. The van der Waals surface area contributed by atoms with E-state index in [-0.39, 0.29) is 18.1 Å². The van der Waals surface area contributed by atoms with Crippen LogP contribution >= 0.6 is 0 Å². The fourth-order valence-electron chi connectivity index (χ4n) is 3.10. The first-order valence-corrected chi connectivity index (χ1v) is 7.71. The number of rotatable bonds is 4. The molecule has 0 radical (unpaired) electrons. The maximum atomic E-state index is 13.2. The standard InChI is InChI=1S/C17H20FN3O/c18-15-5-1-3-13(9-15)11-17(22)21-8-2-4-14(12-21)10-16-6-7-19-20-16/h1,3,5-7,9,14H,2,4,8,10-12H2,(H,19,20)/t14-/m1/s1. The maximum absolute atomic E-state index is 13.2. The molecule has 2 heterocycles. The van der Waals surface area contributed by atoms with Crippen molar-refractivity contribution in [2.45, 2.75) is 25.7 Å². The Balaban J connectivity index is 1.58. The quantitative estimate of drug-likeness (QED) is 0.943. The van der Waals surface area contributed by atoms with Crippen LogP contribution in [0.15, 0.2) is 36.5 Å². The van der Waals surface area contributed by atoms with Crippen LogP contribution in [0.25, 0.3) is 0 Å². The first-order chi connectivity index (χ1) is 10.7. The number of hydrogen-bond donors (Lipinski definition) is 1. The van der Waals surface area contributed by atoms with Gasteiger partial charge in [0.15, 0.2) is 0 Å². The van der Waals surface area contributed by atoms with E-state index in [4.69, 9.17) is 0 Å². The average Bonchev–Trinajstić information content (AvgIpc) is 3.00. The Bertz CT molecular complexity index is 627. The zero-order chi connectivity index (χ0) is 15.4. The minimum atomic E-state index is -0.291. The van der Waals surface area contributed by atoms with Crippen molar-refractivity contribution in [3.63, 3.8) is 0 Å². The molecule has 1 amide bonds. The molecule has 0 bridgehead atoms. The largest absolute Gasteiger partial charge is 0.342 e. The number of H-pyrrole nitrogens is 1. The number of hydrogen-bond acceptors (Lipinski definition) is 2. The van der Waals surface area contributed by atoms with Crippen molar-refractivity contribution in [2.24, 2.45) is 5.92 Å². The lowest BCUT2D eigenvalue weighted by molar-refractivity contribution is -0.132. The molecular formula is C17H20FN3O. The number of aromatic amines is 1. The number of carbonyl (C=O) groups excluding carboxylic acids is 1. The monoisotopic (exact) mass is 301 g/mol. The molecule has 1 atom stereocenters. The summed E-state index contributed by atoms with van der Waals surface area (Å²) in [5, 5.41) is 6.94. The third kappa shape index (κ3) is 3.72. The number of likely N-dealkylation sites (tertiary alicyclic amines) is 1. The highest BCUT2D eigenvalue weighted by molar-refractivity contribution is 5.78. The molecular weight excluding hydrogens is 281 g/mol. The molecule has 5 heteroatoms. The number of amides is 1. The lowest BCUT2D eigenvalue weighted by atomic mass is 9.93. The second kappa shape index (κ2) is 6.73. The molecule has 1 aromatic heterocycles. The summed E-state index contributed by atoms with van der Waals surface area (Å²) in [6, 6.07) is 8.26. The molecule has 1 aromatic carbocycles. The van der Waals surface area contributed by atoms with Crippen LogP contribution in [0.2, 0.25) is 0 Å². The molecule has 3 rings (SSSR count). The van der Waals surface area contributed by atoms with Gasteiger partial charge in [0, 0.05) is 25.0 Å². The first kappa shape index (κ1) is 14.8. The van der Waals surface area contributed by atoms with Gasteiger partial charge in [0.25, 0.3) is 0 Å². The molecule has 1 aliphatic rings. The van der Waals surface area contributed by atoms with Gasteiger partial charge in [-0.2, -0.15) is 5.10 Å². The summed E-state index contributed by atoms with van der Waals surface area (Å²) < 4.78 is 13.2. The third-order valence-corrected chi connectivity index (χ3v) is 4.18. The summed E-state index contributed by atoms with van der Waals surface area (Å²) in [5.41, 5.74) is 1.85. The third-order valence-electron chi connectivity index (χ3n) is 4.18. The van der Waals surface area contributed by atoms with E-state index in [9.17, 15) is 9.18 Å². The number of benzene rings is 1. The Kier molecular flexibility index (Phi) is 4.51. The number of carbonyl (C=O) groups is 1. The molecule has 0 aliphatic carbocycles. The van der Waals surface area contributed by atoms with Crippen LogP contribution in [0, 0.1) is 11.7 Å². The van der Waals surface area contributed by atoms with Gasteiger partial charge in [-0.3, -0.25) is 9.89 Å². The van der Waals surface area contributed by atoms with Crippen LogP contribution < -0.4 is 0 Å². The summed E-state index contributed by atoms with van der Waals surface area (Å²) in [7, 11) is 0. The average molecular weight is 301 g/mol. The molecule has 1 aliphatic heterocycles. The van der Waals surface area contributed by atoms with E-state index in [1.807, 2.05) is 11.0 Å². The Morgan fingerprint density at radius 2 is 2.32 bits per heavy atom. The van der Waals surface area contributed by atoms with Crippen LogP contribution in [0.4, 0.5) is 4.39 Å². The van der Waals surface area contributed by atoms with Gasteiger partial charge in [0.1, 0.15) is 5.82 Å². The van der Waals surface area contributed by atoms with Gasteiger partial charge >= 0.3 is 0 Å². The molecule has 0 spiro atoms. The fraction of sp³-hybridized carbons (Fsp3) is 0.412. The van der Waals surface area contributed by atoms with Crippen LogP contribution in [0.5, 0.6) is 0 Å². The summed E-state index contributed by atoms with van der Waals surface area (Å²) in [5.74, 6) is 0.256. The van der Waals surface area contributed by atoms with E-state index in [1.165, 1.54) is 12.1 Å². The molecule has 116 valence electrons. The molecule has 2 aromatic rings. The highest BCUT2D eigenvalue weighted by Crippen LogP contribution is 2.21. The van der Waals surface area contributed by atoms with E-state index in [0.717, 1.165) is 43.6 Å². The van der Waals surface area contributed by atoms with Gasteiger partial charge in [0.2, 0.25) is 5.91 Å². The lowest BCUT2D eigenvalue weighted by Gasteiger charge is -2.32. The van der Waals surface area contributed by atoms with Crippen LogP contribution in [0.3, 0.4) is 0 Å². The van der Waals surface area contributed by atoms with Gasteiger partial charge in [-0.05, 0) is 48.9 Å². The van der Waals surface area contributed by atoms with Crippen LogP contribution in [-0.2, 0) is 17.6 Å². The molecule has 1 N–H and O–H groups in total. The Labute approximate surface area is 129 Å². The predicted molar refractivity (Wildman–Crippen MR) is 81.7 cm³/mol. The predicted octanol–water partition coefficient (Wildman–Crippen LogP) is 2.57. The van der Waals surface area contributed by atoms with Crippen molar-refractivity contribution in [1.82, 2.24) is 15.1 Å². The van der Waals surface area contributed by atoms with Gasteiger partial charge in [0.05, 0.1) is 6.42 Å². The first-order valence-electron chi connectivity index (χ1n) is 7.71. The Hall–Kier alpha value is -2.17. The Morgan fingerprint density at radius 3 is 3.09 bits per heavy atom. The molecule has 1 fully saturated rings. The molecule has 1 saturated heterocycles. The van der Waals surface area contributed by atoms with Crippen molar-refractivity contribution in [3.05, 3.63) is 53.6 Å². The number of aromatic nitrogens is 2. The Morgan fingerprint density at radius 1 is 1.41 bits per heavy atom. The number of piperidine rings is 1. The summed E-state index contributed by atoms with van der Waals surface area (Å²) >= 11 is 0. The van der Waals surface area contributed by atoms with Gasteiger partial charge in [-0.25, -0.2) is 4.39 Å². The van der Waals surface area contributed by atoms with Gasteiger partial charge < -0.3 is 4.90 Å². The summed E-state index contributed by atoms with van der Waals surface area (Å²) in [6.45, 7) is 1.57. The van der Waals surface area contributed by atoms with Gasteiger partial charge in [-0.1, -0.05) is 12.1 Å². The van der Waals surface area contributed by atoms with Crippen LogP contribution in [-0.4, -0.2) is 34.1 Å². The van der Waals surface area contributed by atoms with Crippen LogP contribution in [0.1, 0.15) is 24.1 Å². The zero-order valence-electron chi connectivity index (χ0n) is 12.5. The topological polar surface area (TPSA) is 49.0 Å². The smallest absolute Gasteiger partial charge is 0.227 e. The van der Waals surface area contributed by atoms with E-state index in [0.29, 0.717) is 5.92 Å². The second-order valence-corrected chi connectivity index (χ2v) is 5.94. The second-order valence-electron chi connectivity index (χ2n) is 5.94. The number of nitrogens with one attached hydrogen (secondary N) is 1. The molecule has 0 unspecified atom stereocenters. The van der Waals surface area contributed by atoms with E-state index >= 15 is 0 Å². The highest BCUT2D eigenvalue weighted by atomic mass is 19.1. The molecule has 0 saturated carbocycles. The minimum Gasteiger partial charge on any atom is -0.342 e. The van der Waals surface area contributed by atoms with Gasteiger partial charge in [-0.15, -0.1) is 0 Å². The molecule has 4 nitrogen and oxygen atoms in total. The zero-order valence-corrected chi connectivity index (χ0v) is 12.5.